The number of hydrogen-bond acceptors (Lipinski definition) is 3. The maximum atomic E-state index is 3.47. The van der Waals surface area contributed by atoms with Crippen LogP contribution in [0.3, 0.4) is 0 Å². The summed E-state index contributed by atoms with van der Waals surface area (Å²) in [6.45, 7) is 7.42. The third kappa shape index (κ3) is 4.41. The Balaban J connectivity index is 2.11. The van der Waals surface area contributed by atoms with Crippen LogP contribution in [0.15, 0.2) is 17.5 Å². The van der Waals surface area contributed by atoms with Gasteiger partial charge in [0.15, 0.2) is 0 Å². The van der Waals surface area contributed by atoms with Gasteiger partial charge in [0.25, 0.3) is 0 Å². The van der Waals surface area contributed by atoms with Gasteiger partial charge < -0.3 is 10.6 Å². The van der Waals surface area contributed by atoms with Crippen molar-refractivity contribution in [3.05, 3.63) is 22.4 Å². The molecule has 1 unspecified atom stereocenters. The first-order valence-electron chi connectivity index (χ1n) is 4.79. The maximum absolute atomic E-state index is 3.47. The van der Waals surface area contributed by atoms with E-state index in [4.69, 9.17) is 0 Å². The van der Waals surface area contributed by atoms with Crippen LogP contribution in [0.4, 0.5) is 0 Å². The minimum Gasteiger partial charge on any atom is -0.315 e. The lowest BCUT2D eigenvalue weighted by Gasteiger charge is -2.12. The highest BCUT2D eigenvalue weighted by atomic mass is 32.1. The first-order chi connectivity index (χ1) is 6.33. The topological polar surface area (TPSA) is 24.1 Å². The molecular formula is C10H18N2S. The Bertz CT molecular complexity index is 209. The van der Waals surface area contributed by atoms with Crippen LogP contribution in [-0.2, 0) is 6.54 Å². The van der Waals surface area contributed by atoms with Gasteiger partial charge in [0.05, 0.1) is 0 Å². The molecule has 74 valence electrons. The number of hydrogen-bond donors (Lipinski definition) is 2. The predicted molar refractivity (Wildman–Crippen MR) is 59.2 cm³/mol. The molecule has 3 heteroatoms. The Hall–Kier alpha value is -0.380. The molecule has 0 aliphatic heterocycles. The summed E-state index contributed by atoms with van der Waals surface area (Å²) >= 11 is 1.81. The zero-order valence-corrected chi connectivity index (χ0v) is 9.16. The van der Waals surface area contributed by atoms with Gasteiger partial charge in [-0.05, 0) is 24.9 Å². The van der Waals surface area contributed by atoms with Crippen LogP contribution >= 0.6 is 11.3 Å². The summed E-state index contributed by atoms with van der Waals surface area (Å²) < 4.78 is 0. The first kappa shape index (κ1) is 10.7. The van der Waals surface area contributed by atoms with E-state index in [0.717, 1.165) is 19.6 Å². The van der Waals surface area contributed by atoms with Gasteiger partial charge in [0, 0.05) is 24.0 Å². The second-order valence-corrected chi connectivity index (χ2v) is 4.20. The molecule has 13 heavy (non-hydrogen) atoms. The minimum atomic E-state index is 0.544. The average Bonchev–Trinajstić information content (AvgIpc) is 2.64. The number of likely N-dealkylation sites (N-methyl/N-ethyl adjacent to an activating group) is 1. The lowest BCUT2D eigenvalue weighted by molar-refractivity contribution is 0.511. The van der Waals surface area contributed by atoms with Gasteiger partial charge in [-0.15, -0.1) is 11.3 Å². The van der Waals surface area contributed by atoms with E-state index in [1.165, 1.54) is 4.88 Å². The van der Waals surface area contributed by atoms with Gasteiger partial charge in [0.2, 0.25) is 0 Å². The SMILES string of the molecule is CCNCC(C)NCc1cccs1. The molecule has 0 aliphatic carbocycles. The summed E-state index contributed by atoms with van der Waals surface area (Å²) in [5, 5.41) is 8.90. The fourth-order valence-electron chi connectivity index (χ4n) is 1.12. The van der Waals surface area contributed by atoms with Crippen molar-refractivity contribution in [2.45, 2.75) is 26.4 Å². The Morgan fingerprint density at radius 3 is 3.00 bits per heavy atom. The second kappa shape index (κ2) is 6.13. The molecule has 0 bridgehead atoms. The van der Waals surface area contributed by atoms with E-state index < -0.39 is 0 Å². The van der Waals surface area contributed by atoms with Crippen molar-refractivity contribution in [2.75, 3.05) is 13.1 Å². The molecule has 2 N–H and O–H groups in total. The lowest BCUT2D eigenvalue weighted by Crippen LogP contribution is -2.35. The van der Waals surface area contributed by atoms with Crippen molar-refractivity contribution in [3.8, 4) is 0 Å². The number of rotatable bonds is 6. The molecule has 0 saturated carbocycles. The Kier molecular flexibility index (Phi) is 5.05. The average molecular weight is 198 g/mol. The standard InChI is InChI=1S/C10H18N2S/c1-3-11-7-9(2)12-8-10-5-4-6-13-10/h4-6,9,11-12H,3,7-8H2,1-2H3. The maximum Gasteiger partial charge on any atom is 0.0302 e. The van der Waals surface area contributed by atoms with Crippen molar-refractivity contribution in [1.82, 2.24) is 10.6 Å². The van der Waals surface area contributed by atoms with Gasteiger partial charge >= 0.3 is 0 Å². The van der Waals surface area contributed by atoms with Crippen molar-refractivity contribution >= 4 is 11.3 Å². The van der Waals surface area contributed by atoms with Gasteiger partial charge in [-0.1, -0.05) is 13.0 Å². The van der Waals surface area contributed by atoms with Crippen LogP contribution in [0.5, 0.6) is 0 Å². The molecule has 0 spiro atoms. The Morgan fingerprint density at radius 2 is 2.38 bits per heavy atom. The van der Waals surface area contributed by atoms with Gasteiger partial charge in [0.1, 0.15) is 0 Å². The molecular weight excluding hydrogens is 180 g/mol. The van der Waals surface area contributed by atoms with Crippen molar-refractivity contribution in [1.29, 1.82) is 0 Å². The highest BCUT2D eigenvalue weighted by Gasteiger charge is 1.99. The van der Waals surface area contributed by atoms with Gasteiger partial charge in [-0.2, -0.15) is 0 Å². The molecule has 0 radical (unpaired) electrons. The van der Waals surface area contributed by atoms with Gasteiger partial charge in [-0.3, -0.25) is 0 Å². The van der Waals surface area contributed by atoms with E-state index in [1.54, 1.807) is 11.3 Å². The van der Waals surface area contributed by atoms with E-state index in [2.05, 4.69) is 42.0 Å². The largest absolute Gasteiger partial charge is 0.315 e. The molecule has 0 aliphatic rings. The lowest BCUT2D eigenvalue weighted by atomic mass is 10.3. The van der Waals surface area contributed by atoms with E-state index in [1.807, 2.05) is 0 Å². The van der Waals surface area contributed by atoms with E-state index in [0.29, 0.717) is 6.04 Å². The molecule has 1 atom stereocenters. The third-order valence-corrected chi connectivity index (χ3v) is 2.78. The molecule has 0 saturated heterocycles. The summed E-state index contributed by atoms with van der Waals surface area (Å²) in [5.74, 6) is 0. The summed E-state index contributed by atoms with van der Waals surface area (Å²) in [6, 6.07) is 4.80. The van der Waals surface area contributed by atoms with Crippen molar-refractivity contribution in [2.24, 2.45) is 0 Å². The van der Waals surface area contributed by atoms with Crippen LogP contribution in [0.25, 0.3) is 0 Å². The normalized spacial score (nSPS) is 13.1. The fourth-order valence-corrected chi connectivity index (χ4v) is 1.78. The first-order valence-corrected chi connectivity index (χ1v) is 5.67. The molecule has 1 aromatic rings. The highest BCUT2D eigenvalue weighted by molar-refractivity contribution is 7.09. The molecule has 0 aromatic carbocycles. The molecule has 1 rings (SSSR count). The molecule has 1 heterocycles. The monoisotopic (exact) mass is 198 g/mol. The number of nitrogens with one attached hydrogen (secondary N) is 2. The predicted octanol–water partition coefficient (Wildman–Crippen LogP) is 1.84. The van der Waals surface area contributed by atoms with Crippen LogP contribution < -0.4 is 10.6 Å². The number of thiophene rings is 1. The van der Waals surface area contributed by atoms with E-state index in [-0.39, 0.29) is 0 Å². The summed E-state index contributed by atoms with van der Waals surface area (Å²) in [4.78, 5) is 1.41. The van der Waals surface area contributed by atoms with Gasteiger partial charge in [-0.25, -0.2) is 0 Å². The van der Waals surface area contributed by atoms with E-state index in [9.17, 15) is 0 Å². The summed E-state index contributed by atoms with van der Waals surface area (Å²) in [6.07, 6.45) is 0. The second-order valence-electron chi connectivity index (χ2n) is 3.17. The van der Waals surface area contributed by atoms with Crippen molar-refractivity contribution in [3.63, 3.8) is 0 Å². The smallest absolute Gasteiger partial charge is 0.0302 e. The molecule has 0 fully saturated rings. The Morgan fingerprint density at radius 1 is 1.54 bits per heavy atom. The highest BCUT2D eigenvalue weighted by Crippen LogP contribution is 2.07. The van der Waals surface area contributed by atoms with Crippen molar-refractivity contribution < 1.29 is 0 Å². The summed E-state index contributed by atoms with van der Waals surface area (Å²) in [7, 11) is 0. The summed E-state index contributed by atoms with van der Waals surface area (Å²) in [5.41, 5.74) is 0. The van der Waals surface area contributed by atoms with Crippen LogP contribution in [-0.4, -0.2) is 19.1 Å². The quantitative estimate of drug-likeness (QED) is 0.729. The third-order valence-electron chi connectivity index (χ3n) is 1.91. The zero-order valence-electron chi connectivity index (χ0n) is 8.34. The van der Waals surface area contributed by atoms with E-state index >= 15 is 0 Å². The minimum absolute atomic E-state index is 0.544. The van der Waals surface area contributed by atoms with Crippen LogP contribution in [0.2, 0.25) is 0 Å². The van der Waals surface area contributed by atoms with Crippen LogP contribution in [0.1, 0.15) is 18.7 Å². The molecule has 0 amide bonds. The zero-order chi connectivity index (χ0) is 9.52. The van der Waals surface area contributed by atoms with Crippen LogP contribution in [0, 0.1) is 0 Å². The molecule has 1 aromatic heterocycles. The molecule has 2 nitrogen and oxygen atoms in total. The Labute approximate surface area is 84.4 Å². The fraction of sp³-hybridized carbons (Fsp3) is 0.600.